The Labute approximate surface area is 95.0 Å². The number of carbonyl (C=O) groups is 1. The van der Waals surface area contributed by atoms with Gasteiger partial charge in [-0.1, -0.05) is 0 Å². The maximum absolute atomic E-state index is 11.6. The largest absolute Gasteiger partial charge is 0.467 e. The molecule has 16 heavy (non-hydrogen) atoms. The predicted molar refractivity (Wildman–Crippen MR) is 59.0 cm³/mol. The van der Waals surface area contributed by atoms with E-state index in [9.17, 15) is 4.79 Å². The summed E-state index contributed by atoms with van der Waals surface area (Å²) in [5.74, 6) is 0.804. The van der Waals surface area contributed by atoms with E-state index in [0.29, 0.717) is 0 Å². The molecule has 0 atom stereocenters. The van der Waals surface area contributed by atoms with Gasteiger partial charge in [-0.15, -0.1) is 0 Å². The summed E-state index contributed by atoms with van der Waals surface area (Å²) in [7, 11) is 0. The lowest BCUT2D eigenvalue weighted by molar-refractivity contribution is 0.0487. The van der Waals surface area contributed by atoms with E-state index in [0.717, 1.165) is 18.6 Å². The van der Waals surface area contributed by atoms with Crippen molar-refractivity contribution in [1.29, 1.82) is 0 Å². The number of hydrogen-bond acceptors (Lipinski definition) is 3. The first-order valence-corrected chi connectivity index (χ1v) is 5.46. The number of furan rings is 1. The Bertz CT molecular complexity index is 371. The highest BCUT2D eigenvalue weighted by molar-refractivity contribution is 5.69. The van der Waals surface area contributed by atoms with Crippen LogP contribution in [0.3, 0.4) is 0 Å². The summed E-state index contributed by atoms with van der Waals surface area (Å²) in [6.07, 6.45) is 3.03. The quantitative estimate of drug-likeness (QED) is 0.838. The molecule has 1 aromatic heterocycles. The summed E-state index contributed by atoms with van der Waals surface area (Å²) in [5, 5.41) is 2.87. The Balaban J connectivity index is 1.98. The van der Waals surface area contributed by atoms with E-state index in [1.54, 1.807) is 6.26 Å². The summed E-state index contributed by atoms with van der Waals surface area (Å²) >= 11 is 0. The topological polar surface area (TPSA) is 51.5 Å². The van der Waals surface area contributed by atoms with Crippen molar-refractivity contribution in [2.24, 2.45) is 0 Å². The van der Waals surface area contributed by atoms with Gasteiger partial charge in [0.05, 0.1) is 6.26 Å². The Hall–Kier alpha value is -1.45. The van der Waals surface area contributed by atoms with Gasteiger partial charge in [-0.3, -0.25) is 0 Å². The van der Waals surface area contributed by atoms with Crippen LogP contribution in [0.2, 0.25) is 0 Å². The first-order valence-electron chi connectivity index (χ1n) is 5.46. The fraction of sp³-hybridized carbons (Fsp3) is 0.583. The van der Waals surface area contributed by atoms with Gasteiger partial charge in [-0.2, -0.15) is 0 Å². The van der Waals surface area contributed by atoms with Gasteiger partial charge in [0.1, 0.15) is 16.9 Å². The number of hydrogen-bond donors (Lipinski definition) is 1. The van der Waals surface area contributed by atoms with Gasteiger partial charge in [0, 0.05) is 0 Å². The molecular weight excluding hydrogens is 206 g/mol. The van der Waals surface area contributed by atoms with Gasteiger partial charge in [-0.05, 0) is 45.7 Å². The minimum Gasteiger partial charge on any atom is -0.467 e. The van der Waals surface area contributed by atoms with Crippen molar-refractivity contribution >= 4 is 6.09 Å². The highest BCUT2D eigenvalue weighted by Gasteiger charge is 2.49. The maximum atomic E-state index is 11.6. The number of carbonyl (C=O) groups excluding carboxylic acids is 1. The van der Waals surface area contributed by atoms with Crippen LogP contribution >= 0.6 is 0 Å². The van der Waals surface area contributed by atoms with Gasteiger partial charge in [-0.25, -0.2) is 4.79 Å². The van der Waals surface area contributed by atoms with Crippen molar-refractivity contribution in [3.8, 4) is 0 Å². The molecule has 1 fully saturated rings. The molecule has 0 aliphatic heterocycles. The number of ether oxygens (including phenoxy) is 1. The highest BCUT2D eigenvalue weighted by Crippen LogP contribution is 2.45. The lowest BCUT2D eigenvalue weighted by Gasteiger charge is -2.22. The van der Waals surface area contributed by atoms with Crippen molar-refractivity contribution in [1.82, 2.24) is 5.32 Å². The van der Waals surface area contributed by atoms with E-state index in [4.69, 9.17) is 9.15 Å². The minimum absolute atomic E-state index is 0.328. The predicted octanol–water partition coefficient (Wildman–Crippen LogP) is 2.79. The third-order valence-electron chi connectivity index (χ3n) is 2.48. The van der Waals surface area contributed by atoms with E-state index in [1.165, 1.54) is 0 Å². The molecule has 1 saturated carbocycles. The zero-order valence-corrected chi connectivity index (χ0v) is 9.87. The third-order valence-corrected chi connectivity index (χ3v) is 2.48. The normalized spacial score (nSPS) is 17.9. The molecule has 1 aliphatic rings. The van der Waals surface area contributed by atoms with Crippen LogP contribution in [0.5, 0.6) is 0 Å². The molecule has 1 aliphatic carbocycles. The molecule has 88 valence electrons. The summed E-state index contributed by atoms with van der Waals surface area (Å²) in [4.78, 5) is 11.6. The van der Waals surface area contributed by atoms with Gasteiger partial charge in [0.2, 0.25) is 0 Å². The summed E-state index contributed by atoms with van der Waals surface area (Å²) in [5.41, 5.74) is -0.796. The smallest absolute Gasteiger partial charge is 0.408 e. The molecule has 0 saturated heterocycles. The number of nitrogens with one attached hydrogen (secondary N) is 1. The van der Waals surface area contributed by atoms with Crippen molar-refractivity contribution in [2.45, 2.75) is 44.8 Å². The van der Waals surface area contributed by atoms with Crippen molar-refractivity contribution in [2.75, 3.05) is 0 Å². The lowest BCUT2D eigenvalue weighted by atomic mass is 10.2. The number of alkyl carbamates (subject to hydrolysis) is 1. The molecule has 0 unspecified atom stereocenters. The highest BCUT2D eigenvalue weighted by atomic mass is 16.6. The van der Waals surface area contributed by atoms with Gasteiger partial charge in [0.25, 0.3) is 0 Å². The molecule has 1 heterocycles. The second kappa shape index (κ2) is 3.54. The Kier molecular flexibility index (Phi) is 2.45. The average molecular weight is 223 g/mol. The van der Waals surface area contributed by atoms with E-state index in [2.05, 4.69) is 5.32 Å². The van der Waals surface area contributed by atoms with Crippen LogP contribution in [-0.2, 0) is 10.3 Å². The Morgan fingerprint density at radius 1 is 1.50 bits per heavy atom. The number of amides is 1. The third kappa shape index (κ3) is 2.38. The van der Waals surface area contributed by atoms with Gasteiger partial charge in [0.15, 0.2) is 0 Å². The van der Waals surface area contributed by atoms with E-state index in [-0.39, 0.29) is 11.6 Å². The van der Waals surface area contributed by atoms with Crippen LogP contribution in [-0.4, -0.2) is 11.7 Å². The molecule has 1 N–H and O–H groups in total. The molecule has 0 bridgehead atoms. The molecule has 4 heteroatoms. The molecule has 1 amide bonds. The second-order valence-corrected chi connectivity index (χ2v) is 5.19. The van der Waals surface area contributed by atoms with E-state index < -0.39 is 5.60 Å². The van der Waals surface area contributed by atoms with Crippen LogP contribution in [0, 0.1) is 0 Å². The number of rotatable bonds is 2. The fourth-order valence-corrected chi connectivity index (χ4v) is 1.61. The fourth-order valence-electron chi connectivity index (χ4n) is 1.61. The van der Waals surface area contributed by atoms with Gasteiger partial charge >= 0.3 is 6.09 Å². The molecule has 1 aromatic rings. The van der Waals surface area contributed by atoms with Crippen LogP contribution in [0.4, 0.5) is 4.79 Å². The summed E-state index contributed by atoms with van der Waals surface area (Å²) in [6.45, 7) is 5.54. The maximum Gasteiger partial charge on any atom is 0.408 e. The zero-order valence-electron chi connectivity index (χ0n) is 9.87. The van der Waals surface area contributed by atoms with E-state index >= 15 is 0 Å². The SMILES string of the molecule is CC(C)(C)OC(=O)NC1(c2ccco2)CC1. The van der Waals surface area contributed by atoms with Crippen molar-refractivity contribution in [3.63, 3.8) is 0 Å². The first kappa shape index (κ1) is 11.0. The zero-order chi connectivity index (χ0) is 11.8. The Morgan fingerprint density at radius 2 is 2.19 bits per heavy atom. The average Bonchev–Trinajstić information content (AvgIpc) is 2.71. The summed E-state index contributed by atoms with van der Waals surface area (Å²) in [6, 6.07) is 3.70. The first-order chi connectivity index (χ1) is 7.41. The summed E-state index contributed by atoms with van der Waals surface area (Å²) < 4.78 is 10.5. The van der Waals surface area contributed by atoms with Crippen molar-refractivity contribution in [3.05, 3.63) is 24.2 Å². The standard InChI is InChI=1S/C12H17NO3/c1-11(2,3)16-10(14)13-12(6-7-12)9-5-4-8-15-9/h4-5,8H,6-7H2,1-3H3,(H,13,14). The van der Waals surface area contributed by atoms with Crippen LogP contribution < -0.4 is 5.32 Å². The second-order valence-electron chi connectivity index (χ2n) is 5.19. The van der Waals surface area contributed by atoms with Crippen LogP contribution in [0.25, 0.3) is 0 Å². The molecule has 0 radical (unpaired) electrons. The van der Waals surface area contributed by atoms with Gasteiger partial charge < -0.3 is 14.5 Å². The minimum atomic E-state index is -0.469. The molecule has 4 nitrogen and oxygen atoms in total. The van der Waals surface area contributed by atoms with E-state index in [1.807, 2.05) is 32.9 Å². The molecule has 0 spiro atoms. The Morgan fingerprint density at radius 3 is 2.62 bits per heavy atom. The monoisotopic (exact) mass is 223 g/mol. The molecule has 2 rings (SSSR count). The lowest BCUT2D eigenvalue weighted by Crippen LogP contribution is -2.39. The molecular formula is C12H17NO3. The molecule has 0 aromatic carbocycles. The van der Waals surface area contributed by atoms with Crippen LogP contribution in [0.1, 0.15) is 39.4 Å². The van der Waals surface area contributed by atoms with Crippen molar-refractivity contribution < 1.29 is 13.9 Å². The van der Waals surface area contributed by atoms with Crippen LogP contribution in [0.15, 0.2) is 22.8 Å².